The number of para-hydroxylation sites is 1. The fourth-order valence-electron chi connectivity index (χ4n) is 3.42. The van der Waals surface area contributed by atoms with Crippen LogP contribution in [-0.2, 0) is 0 Å². The van der Waals surface area contributed by atoms with Crippen LogP contribution in [-0.4, -0.2) is 31.9 Å². The minimum absolute atomic E-state index is 0.181. The number of hydrogen-bond donors (Lipinski definition) is 1. The van der Waals surface area contributed by atoms with Crippen molar-refractivity contribution in [2.24, 2.45) is 0 Å². The highest BCUT2D eigenvalue weighted by Crippen LogP contribution is 2.24. The Morgan fingerprint density at radius 1 is 1.00 bits per heavy atom. The summed E-state index contributed by atoms with van der Waals surface area (Å²) in [5.41, 5.74) is 2.45. The molecule has 6 nitrogen and oxygen atoms in total. The van der Waals surface area contributed by atoms with Gasteiger partial charge in [0.2, 0.25) is 0 Å². The van der Waals surface area contributed by atoms with Gasteiger partial charge in [0.25, 0.3) is 5.91 Å². The van der Waals surface area contributed by atoms with E-state index < -0.39 is 0 Å². The van der Waals surface area contributed by atoms with E-state index in [9.17, 15) is 4.79 Å². The number of amides is 1. The molecule has 0 radical (unpaired) electrons. The highest BCUT2D eigenvalue weighted by molar-refractivity contribution is 5.98. The molecule has 0 saturated heterocycles. The van der Waals surface area contributed by atoms with Gasteiger partial charge in [-0.3, -0.25) is 9.78 Å². The molecule has 1 aromatic carbocycles. The summed E-state index contributed by atoms with van der Waals surface area (Å²) in [7, 11) is 0. The van der Waals surface area contributed by atoms with Gasteiger partial charge in [-0.05, 0) is 37.1 Å². The van der Waals surface area contributed by atoms with Gasteiger partial charge in [0.15, 0.2) is 5.69 Å². The first-order valence-electron chi connectivity index (χ1n) is 9.06. The standard InChI is InChI=1S/C20H21N5O/c26-20(22-15-9-3-1-4-10-15)18-19(17-13-7-8-14-21-17)25(24-23-18)16-11-5-2-6-12-16/h2,5-8,11-15H,1,3-4,9-10H2,(H,22,26). The van der Waals surface area contributed by atoms with E-state index in [1.165, 1.54) is 6.42 Å². The van der Waals surface area contributed by atoms with E-state index in [1.54, 1.807) is 10.9 Å². The Balaban J connectivity index is 1.72. The van der Waals surface area contributed by atoms with Crippen molar-refractivity contribution >= 4 is 5.91 Å². The SMILES string of the molecule is O=C(NC1CCCCC1)c1nnn(-c2ccccc2)c1-c1ccccn1. The van der Waals surface area contributed by atoms with Crippen molar-refractivity contribution in [1.82, 2.24) is 25.3 Å². The molecule has 132 valence electrons. The molecule has 1 aliphatic carbocycles. The van der Waals surface area contributed by atoms with Crippen LogP contribution in [0.15, 0.2) is 54.7 Å². The van der Waals surface area contributed by atoms with E-state index in [-0.39, 0.29) is 11.9 Å². The van der Waals surface area contributed by atoms with E-state index in [2.05, 4.69) is 20.6 Å². The molecule has 3 aromatic rings. The van der Waals surface area contributed by atoms with Gasteiger partial charge in [0.1, 0.15) is 5.69 Å². The molecular weight excluding hydrogens is 326 g/mol. The zero-order chi connectivity index (χ0) is 17.8. The number of pyridine rings is 1. The first kappa shape index (κ1) is 16.4. The molecule has 0 atom stereocenters. The van der Waals surface area contributed by atoms with Crippen LogP contribution in [0.2, 0.25) is 0 Å². The molecule has 1 fully saturated rings. The molecule has 0 spiro atoms. The van der Waals surface area contributed by atoms with E-state index in [1.807, 2.05) is 48.5 Å². The van der Waals surface area contributed by atoms with E-state index >= 15 is 0 Å². The lowest BCUT2D eigenvalue weighted by atomic mass is 9.95. The van der Waals surface area contributed by atoms with E-state index in [0.717, 1.165) is 31.4 Å². The molecule has 1 aliphatic rings. The van der Waals surface area contributed by atoms with Gasteiger partial charge in [-0.1, -0.05) is 48.7 Å². The molecule has 26 heavy (non-hydrogen) atoms. The third-order valence-electron chi connectivity index (χ3n) is 4.73. The summed E-state index contributed by atoms with van der Waals surface area (Å²) in [5, 5.41) is 11.6. The average molecular weight is 347 g/mol. The molecule has 0 aliphatic heterocycles. The first-order chi connectivity index (χ1) is 12.8. The van der Waals surface area contributed by atoms with Crippen LogP contribution in [0.5, 0.6) is 0 Å². The van der Waals surface area contributed by atoms with Crippen LogP contribution in [0, 0.1) is 0 Å². The van der Waals surface area contributed by atoms with Crippen LogP contribution in [0.25, 0.3) is 17.1 Å². The van der Waals surface area contributed by atoms with E-state index in [4.69, 9.17) is 0 Å². The zero-order valence-corrected chi connectivity index (χ0v) is 14.5. The minimum Gasteiger partial charge on any atom is -0.348 e. The Morgan fingerprint density at radius 3 is 2.50 bits per heavy atom. The average Bonchev–Trinajstić information content (AvgIpc) is 3.15. The van der Waals surface area contributed by atoms with Crippen LogP contribution in [0.3, 0.4) is 0 Å². The van der Waals surface area contributed by atoms with Crippen molar-refractivity contribution in [1.29, 1.82) is 0 Å². The van der Waals surface area contributed by atoms with Crippen molar-refractivity contribution in [2.75, 3.05) is 0 Å². The van der Waals surface area contributed by atoms with Crippen molar-refractivity contribution in [3.05, 3.63) is 60.4 Å². The van der Waals surface area contributed by atoms with Gasteiger partial charge in [0, 0.05) is 12.2 Å². The monoisotopic (exact) mass is 347 g/mol. The second-order valence-corrected chi connectivity index (χ2v) is 6.56. The maximum Gasteiger partial charge on any atom is 0.274 e. The van der Waals surface area contributed by atoms with Gasteiger partial charge in [-0.15, -0.1) is 5.10 Å². The second kappa shape index (κ2) is 7.47. The summed E-state index contributed by atoms with van der Waals surface area (Å²) in [6.07, 6.45) is 7.33. The lowest BCUT2D eigenvalue weighted by Crippen LogP contribution is -2.36. The van der Waals surface area contributed by atoms with Crippen molar-refractivity contribution in [3.8, 4) is 17.1 Å². The summed E-state index contributed by atoms with van der Waals surface area (Å²) < 4.78 is 1.68. The van der Waals surface area contributed by atoms with Crippen LogP contribution >= 0.6 is 0 Å². The molecule has 2 aromatic heterocycles. The van der Waals surface area contributed by atoms with Crippen molar-refractivity contribution in [3.63, 3.8) is 0 Å². The zero-order valence-electron chi connectivity index (χ0n) is 14.5. The number of rotatable bonds is 4. The van der Waals surface area contributed by atoms with Crippen molar-refractivity contribution in [2.45, 2.75) is 38.1 Å². The Kier molecular flexibility index (Phi) is 4.73. The molecule has 1 saturated carbocycles. The molecule has 0 bridgehead atoms. The maximum absolute atomic E-state index is 12.9. The molecule has 1 amide bonds. The number of benzene rings is 1. The smallest absolute Gasteiger partial charge is 0.274 e. The highest BCUT2D eigenvalue weighted by atomic mass is 16.2. The largest absolute Gasteiger partial charge is 0.348 e. The number of carbonyl (C=O) groups is 1. The summed E-state index contributed by atoms with van der Waals surface area (Å²) in [5.74, 6) is -0.181. The van der Waals surface area contributed by atoms with Crippen LogP contribution in [0.4, 0.5) is 0 Å². The Bertz CT molecular complexity index is 870. The number of hydrogen-bond acceptors (Lipinski definition) is 4. The predicted octanol–water partition coefficient (Wildman–Crippen LogP) is 3.39. The van der Waals surface area contributed by atoms with Gasteiger partial charge in [-0.2, -0.15) is 0 Å². The maximum atomic E-state index is 12.9. The molecule has 6 heteroatoms. The summed E-state index contributed by atoms with van der Waals surface area (Å²) in [6, 6.07) is 15.5. The minimum atomic E-state index is -0.181. The fraction of sp³-hybridized carbons (Fsp3) is 0.300. The van der Waals surface area contributed by atoms with Gasteiger partial charge in [0.05, 0.1) is 11.4 Å². The summed E-state index contributed by atoms with van der Waals surface area (Å²) >= 11 is 0. The Hall–Kier alpha value is -3.02. The number of nitrogens with one attached hydrogen (secondary N) is 1. The van der Waals surface area contributed by atoms with Crippen LogP contribution in [0.1, 0.15) is 42.6 Å². The first-order valence-corrected chi connectivity index (χ1v) is 9.06. The highest BCUT2D eigenvalue weighted by Gasteiger charge is 2.25. The van der Waals surface area contributed by atoms with Crippen LogP contribution < -0.4 is 5.32 Å². The van der Waals surface area contributed by atoms with E-state index in [0.29, 0.717) is 17.1 Å². The molecule has 0 unspecified atom stereocenters. The van der Waals surface area contributed by atoms with Gasteiger partial charge < -0.3 is 5.32 Å². The van der Waals surface area contributed by atoms with Gasteiger partial charge in [-0.25, -0.2) is 4.68 Å². The number of aromatic nitrogens is 4. The summed E-state index contributed by atoms with van der Waals surface area (Å²) in [4.78, 5) is 17.3. The Morgan fingerprint density at radius 2 is 1.77 bits per heavy atom. The lowest BCUT2D eigenvalue weighted by molar-refractivity contribution is 0.0923. The van der Waals surface area contributed by atoms with Crippen molar-refractivity contribution < 1.29 is 4.79 Å². The third kappa shape index (κ3) is 3.35. The quantitative estimate of drug-likeness (QED) is 0.785. The number of nitrogens with zero attached hydrogens (tertiary/aromatic N) is 4. The third-order valence-corrected chi connectivity index (χ3v) is 4.73. The molecule has 1 N–H and O–H groups in total. The second-order valence-electron chi connectivity index (χ2n) is 6.56. The normalized spacial score (nSPS) is 14.9. The summed E-state index contributed by atoms with van der Waals surface area (Å²) in [6.45, 7) is 0. The lowest BCUT2D eigenvalue weighted by Gasteiger charge is -2.22. The molecular formula is C20H21N5O. The predicted molar refractivity (Wildman–Crippen MR) is 98.9 cm³/mol. The topological polar surface area (TPSA) is 72.7 Å². The molecule has 4 rings (SSSR count). The van der Waals surface area contributed by atoms with Gasteiger partial charge >= 0.3 is 0 Å². The Labute approximate surface area is 152 Å². The fourth-order valence-corrected chi connectivity index (χ4v) is 3.42. The number of carbonyl (C=O) groups excluding carboxylic acids is 1. The molecule has 2 heterocycles.